The predicted molar refractivity (Wildman–Crippen MR) is 85.2 cm³/mol. The van der Waals surface area contributed by atoms with Crippen LogP contribution in [0.5, 0.6) is 0 Å². The van der Waals surface area contributed by atoms with Crippen LogP contribution in [0.1, 0.15) is 56.1 Å². The zero-order valence-corrected chi connectivity index (χ0v) is 12.3. The molecule has 1 fully saturated rings. The van der Waals surface area contributed by atoms with E-state index in [0.717, 1.165) is 25.7 Å². The van der Waals surface area contributed by atoms with Crippen LogP contribution in [0, 0.1) is 0 Å². The van der Waals surface area contributed by atoms with Gasteiger partial charge in [0.25, 0.3) is 0 Å². The van der Waals surface area contributed by atoms with Gasteiger partial charge in [0.1, 0.15) is 0 Å². The van der Waals surface area contributed by atoms with E-state index in [2.05, 4.69) is 43.3 Å². The number of aryl methyl sites for hydroxylation is 1. The van der Waals surface area contributed by atoms with Crippen LogP contribution < -0.4 is 0 Å². The van der Waals surface area contributed by atoms with Gasteiger partial charge in [-0.2, -0.15) is 0 Å². The molecule has 1 N–H and O–H groups in total. The Kier molecular flexibility index (Phi) is 4.07. The molecular weight excluding hydrogens is 244 g/mol. The van der Waals surface area contributed by atoms with Crippen LogP contribution in [0.15, 0.2) is 36.4 Å². The van der Waals surface area contributed by atoms with Gasteiger partial charge in [-0.25, -0.2) is 0 Å². The zero-order valence-electron chi connectivity index (χ0n) is 12.3. The van der Waals surface area contributed by atoms with Crippen molar-refractivity contribution in [3.8, 4) is 0 Å². The van der Waals surface area contributed by atoms with E-state index in [-0.39, 0.29) is 6.10 Å². The average molecular weight is 268 g/mol. The van der Waals surface area contributed by atoms with Crippen molar-refractivity contribution in [1.82, 2.24) is 0 Å². The van der Waals surface area contributed by atoms with Gasteiger partial charge in [-0.3, -0.25) is 0 Å². The molecule has 0 bridgehead atoms. The highest BCUT2D eigenvalue weighted by Crippen LogP contribution is 2.39. The van der Waals surface area contributed by atoms with Crippen molar-refractivity contribution in [3.63, 3.8) is 0 Å². The molecule has 0 unspecified atom stereocenters. The van der Waals surface area contributed by atoms with E-state index < -0.39 is 0 Å². The van der Waals surface area contributed by atoms with Crippen LogP contribution in [0.2, 0.25) is 0 Å². The second-order valence-electron chi connectivity index (χ2n) is 6.07. The fourth-order valence-corrected chi connectivity index (χ4v) is 3.71. The summed E-state index contributed by atoms with van der Waals surface area (Å²) in [6, 6.07) is 13.1. The average Bonchev–Trinajstić information content (AvgIpc) is 2.48. The first kappa shape index (κ1) is 13.6. The largest absolute Gasteiger partial charge is 0.392 e. The lowest BCUT2D eigenvalue weighted by Crippen LogP contribution is -2.23. The van der Waals surface area contributed by atoms with Gasteiger partial charge in [-0.15, -0.1) is 0 Å². The molecule has 2 atom stereocenters. The van der Waals surface area contributed by atoms with Crippen LogP contribution >= 0.6 is 0 Å². The third-order valence-corrected chi connectivity index (χ3v) is 4.68. The highest BCUT2D eigenvalue weighted by Gasteiger charge is 2.27. The maximum absolute atomic E-state index is 10.5. The molecule has 3 rings (SSSR count). The Morgan fingerprint density at radius 1 is 1.05 bits per heavy atom. The Balaban J connectivity index is 2.15. The Hall–Kier alpha value is -1.34. The maximum Gasteiger partial charge on any atom is 0.0609 e. The Labute approximate surface area is 121 Å². The summed E-state index contributed by atoms with van der Waals surface area (Å²) in [4.78, 5) is 0. The second-order valence-corrected chi connectivity index (χ2v) is 6.07. The summed E-state index contributed by atoms with van der Waals surface area (Å²) in [6.07, 6.45) is 6.62. The number of hydrogen-bond acceptors (Lipinski definition) is 1. The lowest BCUT2D eigenvalue weighted by atomic mass is 9.77. The number of aliphatic hydroxyl groups is 1. The van der Waals surface area contributed by atoms with Crippen LogP contribution in [-0.4, -0.2) is 11.2 Å². The number of fused-ring (bicyclic) bond motifs is 1. The summed E-state index contributed by atoms with van der Waals surface area (Å²) in [5, 5.41) is 13.1. The van der Waals surface area contributed by atoms with Crippen LogP contribution in [0.4, 0.5) is 0 Å². The van der Waals surface area contributed by atoms with Crippen molar-refractivity contribution in [2.24, 2.45) is 0 Å². The molecule has 1 nitrogen and oxygen atoms in total. The van der Waals surface area contributed by atoms with Gasteiger partial charge in [0.15, 0.2) is 0 Å². The Bertz CT molecular complexity index is 587. The molecule has 0 heterocycles. The quantitative estimate of drug-likeness (QED) is 0.847. The minimum absolute atomic E-state index is 0.162. The minimum atomic E-state index is -0.162. The van der Waals surface area contributed by atoms with E-state index in [9.17, 15) is 5.11 Å². The first-order valence-corrected chi connectivity index (χ1v) is 8.00. The minimum Gasteiger partial charge on any atom is -0.392 e. The van der Waals surface area contributed by atoms with E-state index in [0.29, 0.717) is 5.92 Å². The molecule has 106 valence electrons. The first-order valence-electron chi connectivity index (χ1n) is 8.00. The summed E-state index contributed by atoms with van der Waals surface area (Å²) in [5.41, 5.74) is 2.87. The zero-order chi connectivity index (χ0) is 13.9. The molecule has 1 aliphatic carbocycles. The van der Waals surface area contributed by atoms with Crippen molar-refractivity contribution in [2.75, 3.05) is 0 Å². The van der Waals surface area contributed by atoms with Crippen molar-refractivity contribution in [2.45, 2.75) is 57.5 Å². The topological polar surface area (TPSA) is 20.2 Å². The summed E-state index contributed by atoms with van der Waals surface area (Å²) in [5.74, 6) is 0.330. The standard InChI is InChI=1S/C19H24O/c1-2-7-15-13-12-14-8-3-4-9-16(14)19(15)17-10-5-6-11-18(17)20/h3-4,8-9,12-13,17-18,20H,2,5-7,10-11H2,1H3/t17-,18+/m1/s1. The summed E-state index contributed by atoms with van der Waals surface area (Å²) in [6.45, 7) is 2.23. The van der Waals surface area contributed by atoms with E-state index in [1.807, 2.05) is 0 Å². The predicted octanol–water partition coefficient (Wildman–Crippen LogP) is 4.81. The van der Waals surface area contributed by atoms with Gasteiger partial charge >= 0.3 is 0 Å². The summed E-state index contributed by atoms with van der Waals surface area (Å²) < 4.78 is 0. The van der Waals surface area contributed by atoms with Gasteiger partial charge < -0.3 is 5.11 Å². The van der Waals surface area contributed by atoms with Gasteiger partial charge in [-0.1, -0.05) is 62.6 Å². The molecular formula is C19H24O. The fraction of sp³-hybridized carbons (Fsp3) is 0.474. The summed E-state index contributed by atoms with van der Waals surface area (Å²) >= 11 is 0. The maximum atomic E-state index is 10.5. The number of rotatable bonds is 3. The second kappa shape index (κ2) is 5.97. The van der Waals surface area contributed by atoms with Gasteiger partial charge in [0.05, 0.1) is 6.10 Å². The lowest BCUT2D eigenvalue weighted by molar-refractivity contribution is 0.106. The first-order chi connectivity index (χ1) is 9.81. The smallest absolute Gasteiger partial charge is 0.0609 e. The van der Waals surface area contributed by atoms with Gasteiger partial charge in [-0.05, 0) is 41.2 Å². The SMILES string of the molecule is CCCc1ccc2ccccc2c1[C@@H]1CCCC[C@@H]1O. The van der Waals surface area contributed by atoms with Crippen molar-refractivity contribution >= 4 is 10.8 Å². The molecule has 0 radical (unpaired) electrons. The molecule has 0 aliphatic heterocycles. The lowest BCUT2D eigenvalue weighted by Gasteiger charge is -2.30. The Morgan fingerprint density at radius 2 is 1.85 bits per heavy atom. The van der Waals surface area contributed by atoms with E-state index in [1.165, 1.54) is 34.7 Å². The number of aliphatic hydroxyl groups excluding tert-OH is 1. The molecule has 1 heteroatoms. The summed E-state index contributed by atoms with van der Waals surface area (Å²) in [7, 11) is 0. The molecule has 0 spiro atoms. The van der Waals surface area contributed by atoms with Crippen LogP contribution in [0.3, 0.4) is 0 Å². The fourth-order valence-electron chi connectivity index (χ4n) is 3.71. The van der Waals surface area contributed by atoms with Crippen molar-refractivity contribution in [3.05, 3.63) is 47.5 Å². The van der Waals surface area contributed by atoms with E-state index >= 15 is 0 Å². The van der Waals surface area contributed by atoms with E-state index in [1.54, 1.807) is 0 Å². The molecule has 1 aliphatic rings. The third kappa shape index (κ3) is 2.47. The molecule has 0 amide bonds. The van der Waals surface area contributed by atoms with Gasteiger partial charge in [0.2, 0.25) is 0 Å². The molecule has 0 aromatic heterocycles. The normalized spacial score (nSPS) is 23.1. The van der Waals surface area contributed by atoms with Gasteiger partial charge in [0, 0.05) is 5.92 Å². The molecule has 1 saturated carbocycles. The monoisotopic (exact) mass is 268 g/mol. The van der Waals surface area contributed by atoms with Crippen LogP contribution in [0.25, 0.3) is 10.8 Å². The Morgan fingerprint density at radius 3 is 2.65 bits per heavy atom. The number of hydrogen-bond donors (Lipinski definition) is 1. The molecule has 20 heavy (non-hydrogen) atoms. The highest BCUT2D eigenvalue weighted by atomic mass is 16.3. The van der Waals surface area contributed by atoms with Crippen molar-refractivity contribution in [1.29, 1.82) is 0 Å². The highest BCUT2D eigenvalue weighted by molar-refractivity contribution is 5.87. The molecule has 2 aromatic rings. The molecule has 0 saturated heterocycles. The van der Waals surface area contributed by atoms with E-state index in [4.69, 9.17) is 0 Å². The molecule has 2 aromatic carbocycles. The van der Waals surface area contributed by atoms with Crippen molar-refractivity contribution < 1.29 is 5.11 Å². The van der Waals surface area contributed by atoms with Crippen LogP contribution in [-0.2, 0) is 6.42 Å². The number of benzene rings is 2. The third-order valence-electron chi connectivity index (χ3n) is 4.68.